The molecule has 2 rings (SSSR count). The summed E-state index contributed by atoms with van der Waals surface area (Å²) in [5, 5.41) is -1.65. The fraction of sp³-hybridized carbons (Fsp3) is 0.619. The number of rotatable bonds is 11. The van der Waals surface area contributed by atoms with Gasteiger partial charge in [-0.2, -0.15) is 4.89 Å². The number of Topliss-reactive ketones (excluding diaryl/α,β-unsaturated/α-hetero) is 1. The fourth-order valence-corrected chi connectivity index (χ4v) is 4.63. The van der Waals surface area contributed by atoms with Gasteiger partial charge >= 0.3 is 5.97 Å². The normalized spacial score (nSPS) is 17.7. The monoisotopic (exact) mass is 440 g/mol. The van der Waals surface area contributed by atoms with Crippen LogP contribution in [0.15, 0.2) is 18.2 Å². The van der Waals surface area contributed by atoms with Crippen molar-refractivity contribution in [2.75, 3.05) is 34.5 Å². The first-order chi connectivity index (χ1) is 14.4. The zero-order valence-corrected chi connectivity index (χ0v) is 18.8. The van der Waals surface area contributed by atoms with E-state index in [-0.39, 0.29) is 24.6 Å². The zero-order valence-electron chi connectivity index (χ0n) is 17.9. The molecule has 0 saturated heterocycles. The van der Waals surface area contributed by atoms with E-state index in [2.05, 4.69) is 0 Å². The van der Waals surface area contributed by atoms with E-state index in [0.717, 1.165) is 6.42 Å². The highest BCUT2D eigenvalue weighted by atomic mass is 31.1. The largest absolute Gasteiger partial charge is 0.496 e. The molecule has 1 aliphatic rings. The van der Waals surface area contributed by atoms with Gasteiger partial charge in [-0.1, -0.05) is 25.3 Å². The van der Waals surface area contributed by atoms with Crippen LogP contribution in [0.5, 0.6) is 11.5 Å². The highest BCUT2D eigenvalue weighted by molar-refractivity contribution is 7.28. The predicted octanol–water partition coefficient (Wildman–Crippen LogP) is 4.01. The Morgan fingerprint density at radius 1 is 1.03 bits per heavy atom. The van der Waals surface area contributed by atoms with Gasteiger partial charge in [-0.05, 0) is 31.9 Å². The van der Waals surface area contributed by atoms with Gasteiger partial charge in [0, 0.05) is 7.11 Å². The van der Waals surface area contributed by atoms with Gasteiger partial charge in [0.2, 0.25) is 0 Å². The maximum absolute atomic E-state index is 14.0. The number of hydrogen-bond donors (Lipinski definition) is 0. The minimum atomic E-state index is -1.65. The number of benzene rings is 1. The molecule has 1 aromatic rings. The Kier molecular flexibility index (Phi) is 8.77. The van der Waals surface area contributed by atoms with E-state index >= 15 is 0 Å². The average Bonchev–Trinajstić information content (AvgIpc) is 2.80. The van der Waals surface area contributed by atoms with Gasteiger partial charge in [-0.15, -0.1) is 0 Å². The van der Waals surface area contributed by atoms with E-state index in [1.807, 2.05) is 0 Å². The first-order valence-corrected chi connectivity index (χ1v) is 10.7. The van der Waals surface area contributed by atoms with Crippen molar-refractivity contribution in [1.29, 1.82) is 0 Å². The third-order valence-electron chi connectivity index (χ3n) is 5.81. The second kappa shape index (κ2) is 10.8. The van der Waals surface area contributed by atoms with Crippen molar-refractivity contribution in [3.8, 4) is 11.5 Å². The van der Waals surface area contributed by atoms with Crippen molar-refractivity contribution in [2.24, 2.45) is 5.41 Å². The van der Waals surface area contributed by atoms with E-state index in [4.69, 9.17) is 24.0 Å². The molecule has 0 radical (unpaired) electrons. The lowest BCUT2D eigenvalue weighted by atomic mass is 9.61. The van der Waals surface area contributed by atoms with Crippen molar-refractivity contribution in [1.82, 2.24) is 0 Å². The molecule has 0 aliphatic heterocycles. The fourth-order valence-electron chi connectivity index (χ4n) is 4.02. The van der Waals surface area contributed by atoms with Crippen LogP contribution < -0.4 is 9.47 Å². The molecule has 0 spiro atoms. The van der Waals surface area contributed by atoms with Crippen LogP contribution in [0.25, 0.3) is 0 Å². The Balaban J connectivity index is 2.52. The summed E-state index contributed by atoms with van der Waals surface area (Å²) < 4.78 is 28.1. The topological polar surface area (TPSA) is 97.4 Å². The predicted molar refractivity (Wildman–Crippen MR) is 109 cm³/mol. The average molecular weight is 440 g/mol. The molecule has 0 amide bonds. The summed E-state index contributed by atoms with van der Waals surface area (Å²) in [7, 11) is 3.88. The Morgan fingerprint density at radius 3 is 2.13 bits per heavy atom. The van der Waals surface area contributed by atoms with E-state index in [1.165, 1.54) is 28.3 Å². The summed E-state index contributed by atoms with van der Waals surface area (Å²) in [5.74, 6) is -0.548. The Morgan fingerprint density at radius 2 is 1.63 bits per heavy atom. The molecule has 1 atom stereocenters. The quantitative estimate of drug-likeness (QED) is 0.167. The number of carbonyl (C=O) groups excluding carboxylic acids is 2. The summed E-state index contributed by atoms with van der Waals surface area (Å²) in [6, 6.07) is 5.03. The first-order valence-electron chi connectivity index (χ1n) is 9.85. The number of carbonyl (C=O) groups is 2. The van der Waals surface area contributed by atoms with Crippen molar-refractivity contribution >= 4 is 20.2 Å². The van der Waals surface area contributed by atoms with E-state index in [1.54, 1.807) is 18.2 Å². The van der Waals surface area contributed by atoms with Crippen molar-refractivity contribution in [2.45, 2.75) is 44.2 Å². The maximum atomic E-state index is 14.0. The summed E-state index contributed by atoms with van der Waals surface area (Å²) in [6.45, 7) is 1.73. The molecule has 1 aliphatic carbocycles. The minimum absolute atomic E-state index is 0.0232. The van der Waals surface area contributed by atoms with Crippen LogP contribution in [0.2, 0.25) is 0 Å². The van der Waals surface area contributed by atoms with Gasteiger partial charge in [0.15, 0.2) is 19.4 Å². The molecule has 0 aromatic heterocycles. The molecule has 0 N–H and O–H groups in total. The van der Waals surface area contributed by atoms with Gasteiger partial charge in [-0.25, -0.2) is 4.79 Å². The zero-order chi connectivity index (χ0) is 22.2. The first kappa shape index (κ1) is 24.3. The highest BCUT2D eigenvalue weighted by Gasteiger charge is 2.61. The van der Waals surface area contributed by atoms with Gasteiger partial charge in [0.1, 0.15) is 23.7 Å². The molecule has 0 heterocycles. The lowest BCUT2D eigenvalue weighted by Crippen LogP contribution is -2.54. The number of methoxy groups -OCH3 is 3. The van der Waals surface area contributed by atoms with E-state index < -0.39 is 25.0 Å². The number of ketones is 1. The standard InChI is InChI=1S/C21H29O8P/c1-20(30-24,19(23)29-28-14-13-25-2)21(11-6-5-7-12-21)18(22)17-15(26-3)9-8-10-16(17)27-4/h8-10H,5-7,11-14H2,1-4H3. The van der Waals surface area contributed by atoms with Crippen LogP contribution in [-0.2, 0) is 23.9 Å². The molecule has 1 aromatic carbocycles. The molecule has 1 saturated carbocycles. The SMILES string of the molecule is COCCOOC(=O)C(C)(P=O)C1(C(=O)c2c(OC)cccc2OC)CCCCC1. The van der Waals surface area contributed by atoms with Gasteiger partial charge in [-0.3, -0.25) is 14.2 Å². The van der Waals surface area contributed by atoms with Crippen molar-refractivity contribution in [3.63, 3.8) is 0 Å². The second-order valence-corrected chi connectivity index (χ2v) is 8.44. The summed E-state index contributed by atoms with van der Waals surface area (Å²) in [6.07, 6.45) is 3.11. The van der Waals surface area contributed by atoms with Crippen molar-refractivity contribution < 1.29 is 38.1 Å². The molecule has 1 fully saturated rings. The lowest BCUT2D eigenvalue weighted by molar-refractivity contribution is -0.279. The van der Waals surface area contributed by atoms with Crippen molar-refractivity contribution in [3.05, 3.63) is 23.8 Å². The third kappa shape index (κ3) is 4.51. The van der Waals surface area contributed by atoms with Crippen LogP contribution in [0.1, 0.15) is 49.4 Å². The van der Waals surface area contributed by atoms with Gasteiger partial charge in [0.25, 0.3) is 0 Å². The molecular weight excluding hydrogens is 411 g/mol. The Bertz CT molecular complexity index is 737. The Hall–Kier alpha value is -2.02. The molecule has 166 valence electrons. The summed E-state index contributed by atoms with van der Waals surface area (Å²) in [5.41, 5.74) is -1.04. The molecule has 8 nitrogen and oxygen atoms in total. The van der Waals surface area contributed by atoms with Gasteiger partial charge in [0.05, 0.1) is 26.2 Å². The molecule has 0 bridgehead atoms. The van der Waals surface area contributed by atoms with Crippen LogP contribution in [0.3, 0.4) is 0 Å². The summed E-state index contributed by atoms with van der Waals surface area (Å²) in [4.78, 5) is 36.8. The van der Waals surface area contributed by atoms with Crippen LogP contribution in [0, 0.1) is 5.41 Å². The van der Waals surface area contributed by atoms with E-state index in [9.17, 15) is 14.2 Å². The van der Waals surface area contributed by atoms with Gasteiger partial charge < -0.3 is 14.2 Å². The molecule has 1 unspecified atom stereocenters. The smallest absolute Gasteiger partial charge is 0.360 e. The number of ether oxygens (including phenoxy) is 3. The van der Waals surface area contributed by atoms with E-state index in [0.29, 0.717) is 37.2 Å². The van der Waals surface area contributed by atoms with Crippen LogP contribution in [-0.4, -0.2) is 51.5 Å². The second-order valence-electron chi connectivity index (χ2n) is 7.36. The van der Waals surface area contributed by atoms with Crippen LogP contribution in [0.4, 0.5) is 0 Å². The number of hydrogen-bond acceptors (Lipinski definition) is 8. The molecule has 9 heteroatoms. The molecule has 30 heavy (non-hydrogen) atoms. The maximum Gasteiger partial charge on any atom is 0.360 e. The third-order valence-corrected chi connectivity index (χ3v) is 6.79. The molecular formula is C21H29O8P. The Labute approximate surface area is 178 Å². The highest BCUT2D eigenvalue weighted by Crippen LogP contribution is 2.55. The lowest BCUT2D eigenvalue weighted by Gasteiger charge is -2.44. The van der Waals surface area contributed by atoms with Crippen LogP contribution >= 0.6 is 8.46 Å². The minimum Gasteiger partial charge on any atom is -0.496 e. The summed E-state index contributed by atoms with van der Waals surface area (Å²) >= 11 is 0.